The molecule has 90 valence electrons. The number of nitrogens with zero attached hydrogens (tertiary/aromatic N) is 1. The van der Waals surface area contributed by atoms with Crippen molar-refractivity contribution in [3.05, 3.63) is 17.2 Å². The topological polar surface area (TPSA) is 75.2 Å². The fourth-order valence-electron chi connectivity index (χ4n) is 1.45. The molecule has 5 heteroatoms. The number of hydrogen-bond acceptors (Lipinski definition) is 4. The van der Waals surface area contributed by atoms with E-state index in [9.17, 15) is 9.90 Å². The molecule has 1 rings (SSSR count). The van der Waals surface area contributed by atoms with E-state index in [0.29, 0.717) is 18.1 Å². The third kappa shape index (κ3) is 2.82. The highest BCUT2D eigenvalue weighted by Crippen LogP contribution is 2.17. The molecule has 0 aliphatic rings. The average molecular weight is 226 g/mol. The second kappa shape index (κ2) is 5.65. The highest BCUT2D eigenvalue weighted by molar-refractivity contribution is 5.88. The summed E-state index contributed by atoms with van der Waals surface area (Å²) in [6, 6.07) is 0. The standard InChI is InChI=1S/C11H18N2O3/c1-4-6-8-12-9(7(3)14)10(13-8)11(15)16-5-2/h7,14H,4-6H2,1-3H3,(H,12,13). The summed E-state index contributed by atoms with van der Waals surface area (Å²) >= 11 is 0. The maximum atomic E-state index is 11.6. The zero-order chi connectivity index (χ0) is 12.1. The Labute approximate surface area is 94.8 Å². The molecule has 0 fully saturated rings. The van der Waals surface area contributed by atoms with Crippen molar-refractivity contribution in [2.75, 3.05) is 6.61 Å². The fourth-order valence-corrected chi connectivity index (χ4v) is 1.45. The molecule has 0 bridgehead atoms. The predicted molar refractivity (Wildman–Crippen MR) is 59.2 cm³/mol. The Morgan fingerprint density at radius 3 is 2.75 bits per heavy atom. The summed E-state index contributed by atoms with van der Waals surface area (Å²) in [5.74, 6) is 0.221. The number of ether oxygens (including phenoxy) is 1. The molecule has 0 saturated heterocycles. The van der Waals surface area contributed by atoms with E-state index in [1.165, 1.54) is 0 Å². The van der Waals surface area contributed by atoms with Gasteiger partial charge in [-0.25, -0.2) is 9.78 Å². The second-order valence-electron chi connectivity index (χ2n) is 3.59. The Kier molecular flexibility index (Phi) is 4.49. The molecule has 0 aliphatic carbocycles. The van der Waals surface area contributed by atoms with Gasteiger partial charge in [-0.05, 0) is 20.3 Å². The minimum atomic E-state index is -0.752. The smallest absolute Gasteiger partial charge is 0.358 e. The van der Waals surface area contributed by atoms with E-state index in [1.807, 2.05) is 6.92 Å². The number of carbonyl (C=O) groups is 1. The largest absolute Gasteiger partial charge is 0.461 e. The van der Waals surface area contributed by atoms with Crippen LogP contribution in [0.15, 0.2) is 0 Å². The molecule has 5 nitrogen and oxygen atoms in total. The van der Waals surface area contributed by atoms with E-state index in [2.05, 4.69) is 9.97 Å². The van der Waals surface area contributed by atoms with Crippen molar-refractivity contribution in [2.24, 2.45) is 0 Å². The summed E-state index contributed by atoms with van der Waals surface area (Å²) in [6.07, 6.45) is 0.922. The Morgan fingerprint density at radius 1 is 1.56 bits per heavy atom. The lowest BCUT2D eigenvalue weighted by Gasteiger charge is -2.03. The van der Waals surface area contributed by atoms with Gasteiger partial charge in [-0.15, -0.1) is 0 Å². The highest BCUT2D eigenvalue weighted by atomic mass is 16.5. The van der Waals surface area contributed by atoms with Gasteiger partial charge < -0.3 is 14.8 Å². The van der Waals surface area contributed by atoms with Crippen LogP contribution in [-0.2, 0) is 11.2 Å². The van der Waals surface area contributed by atoms with Crippen molar-refractivity contribution in [3.63, 3.8) is 0 Å². The Morgan fingerprint density at radius 2 is 2.25 bits per heavy atom. The zero-order valence-corrected chi connectivity index (χ0v) is 9.91. The van der Waals surface area contributed by atoms with E-state index in [-0.39, 0.29) is 5.69 Å². The van der Waals surface area contributed by atoms with Gasteiger partial charge in [-0.2, -0.15) is 0 Å². The molecule has 1 aromatic rings. The number of hydrogen-bond donors (Lipinski definition) is 2. The minimum Gasteiger partial charge on any atom is -0.461 e. The minimum absolute atomic E-state index is 0.195. The average Bonchev–Trinajstić information content (AvgIpc) is 2.63. The first-order chi connectivity index (χ1) is 7.60. The SMILES string of the molecule is CCCc1nc(C(=O)OCC)c(C(C)O)[nH]1. The molecule has 0 saturated carbocycles. The van der Waals surface area contributed by atoms with Crippen LogP contribution in [0.4, 0.5) is 0 Å². The number of imidazole rings is 1. The zero-order valence-electron chi connectivity index (χ0n) is 9.91. The van der Waals surface area contributed by atoms with Crippen LogP contribution >= 0.6 is 0 Å². The molecule has 0 spiro atoms. The molecule has 1 heterocycles. The van der Waals surface area contributed by atoms with E-state index >= 15 is 0 Å². The van der Waals surface area contributed by atoms with Crippen LogP contribution in [0.25, 0.3) is 0 Å². The highest BCUT2D eigenvalue weighted by Gasteiger charge is 2.21. The molecule has 1 aromatic heterocycles. The lowest BCUT2D eigenvalue weighted by Crippen LogP contribution is -2.09. The molecule has 0 amide bonds. The lowest BCUT2D eigenvalue weighted by molar-refractivity contribution is 0.0513. The molecule has 0 radical (unpaired) electrons. The van der Waals surface area contributed by atoms with Crippen molar-refractivity contribution in [3.8, 4) is 0 Å². The first kappa shape index (κ1) is 12.7. The van der Waals surface area contributed by atoms with Crippen LogP contribution < -0.4 is 0 Å². The summed E-state index contributed by atoms with van der Waals surface area (Å²) < 4.78 is 4.88. The van der Waals surface area contributed by atoms with E-state index in [1.54, 1.807) is 13.8 Å². The molecule has 16 heavy (non-hydrogen) atoms. The maximum absolute atomic E-state index is 11.6. The van der Waals surface area contributed by atoms with E-state index in [0.717, 1.165) is 12.8 Å². The number of esters is 1. The van der Waals surface area contributed by atoms with Crippen molar-refractivity contribution >= 4 is 5.97 Å². The summed E-state index contributed by atoms with van der Waals surface area (Å²) in [6.45, 7) is 5.65. The molecule has 0 aliphatic heterocycles. The fraction of sp³-hybridized carbons (Fsp3) is 0.636. The molecule has 1 atom stereocenters. The van der Waals surface area contributed by atoms with E-state index in [4.69, 9.17) is 4.74 Å². The number of aliphatic hydroxyl groups is 1. The van der Waals surface area contributed by atoms with Gasteiger partial charge in [0.2, 0.25) is 0 Å². The van der Waals surface area contributed by atoms with Crippen LogP contribution in [0.3, 0.4) is 0 Å². The molecule has 2 N–H and O–H groups in total. The number of rotatable bonds is 5. The van der Waals surface area contributed by atoms with E-state index < -0.39 is 12.1 Å². The first-order valence-corrected chi connectivity index (χ1v) is 5.54. The maximum Gasteiger partial charge on any atom is 0.358 e. The Bertz CT molecular complexity index is 358. The van der Waals surface area contributed by atoms with Gasteiger partial charge in [0.25, 0.3) is 0 Å². The van der Waals surface area contributed by atoms with Crippen molar-refractivity contribution in [1.29, 1.82) is 0 Å². The summed E-state index contributed by atoms with van der Waals surface area (Å²) in [5, 5.41) is 9.52. The van der Waals surface area contributed by atoms with Crippen LogP contribution in [-0.4, -0.2) is 27.7 Å². The second-order valence-corrected chi connectivity index (χ2v) is 3.59. The number of aryl methyl sites for hydroxylation is 1. The third-order valence-electron chi connectivity index (χ3n) is 2.15. The van der Waals surface area contributed by atoms with Gasteiger partial charge >= 0.3 is 5.97 Å². The number of nitrogens with one attached hydrogen (secondary N) is 1. The number of aromatic nitrogens is 2. The van der Waals surface area contributed by atoms with Gasteiger partial charge in [0.05, 0.1) is 18.4 Å². The van der Waals surface area contributed by atoms with Gasteiger partial charge in [-0.1, -0.05) is 6.92 Å². The Hall–Kier alpha value is -1.36. The van der Waals surface area contributed by atoms with Gasteiger partial charge in [-0.3, -0.25) is 0 Å². The first-order valence-electron chi connectivity index (χ1n) is 5.54. The van der Waals surface area contributed by atoms with Crippen molar-refractivity contribution in [2.45, 2.75) is 39.7 Å². The molecular weight excluding hydrogens is 208 g/mol. The summed E-state index contributed by atoms with van der Waals surface area (Å²) in [5.41, 5.74) is 0.627. The summed E-state index contributed by atoms with van der Waals surface area (Å²) in [4.78, 5) is 18.7. The number of carbonyl (C=O) groups excluding carboxylic acids is 1. The van der Waals surface area contributed by atoms with Gasteiger partial charge in [0, 0.05) is 6.42 Å². The number of H-pyrrole nitrogens is 1. The van der Waals surface area contributed by atoms with Crippen LogP contribution in [0, 0.1) is 0 Å². The van der Waals surface area contributed by atoms with Crippen molar-refractivity contribution in [1.82, 2.24) is 9.97 Å². The lowest BCUT2D eigenvalue weighted by atomic mass is 10.2. The van der Waals surface area contributed by atoms with Crippen LogP contribution in [0.5, 0.6) is 0 Å². The molecular formula is C11H18N2O3. The quantitative estimate of drug-likeness (QED) is 0.748. The third-order valence-corrected chi connectivity index (χ3v) is 2.15. The Balaban J connectivity index is 2.99. The monoisotopic (exact) mass is 226 g/mol. The van der Waals surface area contributed by atoms with Crippen LogP contribution in [0.2, 0.25) is 0 Å². The predicted octanol–water partition coefficient (Wildman–Crippen LogP) is 1.59. The van der Waals surface area contributed by atoms with Gasteiger partial charge in [0.1, 0.15) is 5.82 Å². The van der Waals surface area contributed by atoms with Crippen LogP contribution in [0.1, 0.15) is 55.3 Å². The summed E-state index contributed by atoms with van der Waals surface area (Å²) in [7, 11) is 0. The van der Waals surface area contributed by atoms with Gasteiger partial charge in [0.15, 0.2) is 5.69 Å². The molecule has 1 unspecified atom stereocenters. The number of aliphatic hydroxyl groups excluding tert-OH is 1. The molecule has 0 aromatic carbocycles. The normalized spacial score (nSPS) is 12.5. The van der Waals surface area contributed by atoms with Crippen molar-refractivity contribution < 1.29 is 14.6 Å². The number of aromatic amines is 1.